The normalized spacial score (nSPS) is 12.8. The molecule has 0 fully saturated rings. The minimum absolute atomic E-state index is 0.300. The molecule has 2 aliphatic rings. The third-order valence-electron chi connectivity index (χ3n) is 11.5. The summed E-state index contributed by atoms with van der Waals surface area (Å²) >= 11 is 0. The summed E-state index contributed by atoms with van der Waals surface area (Å²) in [6.07, 6.45) is 7.10. The molecule has 0 saturated heterocycles. The fourth-order valence-electron chi connectivity index (χ4n) is 8.59. The van der Waals surface area contributed by atoms with Gasteiger partial charge in [0, 0.05) is 84.5 Å². The van der Waals surface area contributed by atoms with Gasteiger partial charge in [0.05, 0.1) is 0 Å². The molecule has 10 heteroatoms. The number of benzene rings is 6. The molecule has 0 saturated carbocycles. The molecule has 0 aromatic heterocycles. The van der Waals surface area contributed by atoms with Crippen LogP contribution in [0.4, 0.5) is 34.1 Å². The van der Waals surface area contributed by atoms with Gasteiger partial charge in [-0.15, -0.1) is 0 Å². The number of carboxylic acids is 2. The van der Waals surface area contributed by atoms with Crippen molar-refractivity contribution in [3.8, 4) is 11.5 Å². The van der Waals surface area contributed by atoms with Gasteiger partial charge >= 0.3 is 11.9 Å². The van der Waals surface area contributed by atoms with Crippen molar-refractivity contribution in [3.63, 3.8) is 0 Å². The number of carbonyl (C=O) groups is 2. The molecule has 0 atom stereocenters. The molecule has 10 nitrogen and oxygen atoms in total. The van der Waals surface area contributed by atoms with E-state index in [4.69, 9.17) is 19.7 Å². The van der Waals surface area contributed by atoms with Crippen LogP contribution in [0.5, 0.6) is 11.5 Å². The number of ether oxygens (including phenoxy) is 2. The van der Waals surface area contributed by atoms with Crippen molar-refractivity contribution in [1.82, 2.24) is 0 Å². The van der Waals surface area contributed by atoms with Gasteiger partial charge in [-0.05, 0) is 118 Å². The van der Waals surface area contributed by atoms with Crippen molar-refractivity contribution >= 4 is 46.1 Å². The summed E-state index contributed by atoms with van der Waals surface area (Å²) in [4.78, 5) is 31.4. The molecule has 0 aliphatic carbocycles. The van der Waals surface area contributed by atoms with Crippen molar-refractivity contribution in [2.24, 2.45) is 0 Å². The molecule has 0 bridgehead atoms. The van der Waals surface area contributed by atoms with Gasteiger partial charge in [0.15, 0.2) is 13.2 Å². The number of unbranched alkanes of at least 4 members (excludes halogenated alkanes) is 1. The van der Waals surface area contributed by atoms with E-state index in [1.54, 1.807) is 0 Å². The van der Waals surface area contributed by atoms with Crippen LogP contribution in [-0.4, -0.2) is 74.6 Å². The van der Waals surface area contributed by atoms with E-state index in [2.05, 4.69) is 141 Å². The molecule has 0 spiro atoms. The number of aliphatic carboxylic acids is 2. The molecule has 2 heterocycles. The SMILES string of the molecule is O=C(O)COc1cccc2c1CCCN2CCCCN(c1ccccc1)c1ccccc1.O=C(O)COc1cccc2c1CCCN2CCCN(c1ccccc1)c1ccccc1. The first-order valence-electron chi connectivity index (χ1n) is 22.1. The van der Waals surface area contributed by atoms with Crippen molar-refractivity contribution in [3.05, 3.63) is 169 Å². The van der Waals surface area contributed by atoms with Crippen LogP contribution in [0.1, 0.15) is 43.2 Å². The molecule has 326 valence electrons. The highest BCUT2D eigenvalue weighted by Crippen LogP contribution is 2.36. The summed E-state index contributed by atoms with van der Waals surface area (Å²) in [6, 6.07) is 54.0. The Hall–Kier alpha value is -6.94. The monoisotopic (exact) mass is 846 g/mol. The van der Waals surface area contributed by atoms with Crippen molar-refractivity contribution in [2.75, 3.05) is 72.1 Å². The third-order valence-corrected chi connectivity index (χ3v) is 11.5. The second-order valence-corrected chi connectivity index (χ2v) is 15.8. The second kappa shape index (κ2) is 22.8. The molecule has 6 aromatic carbocycles. The van der Waals surface area contributed by atoms with E-state index in [-0.39, 0.29) is 13.2 Å². The third kappa shape index (κ3) is 12.3. The first-order valence-corrected chi connectivity index (χ1v) is 22.1. The van der Waals surface area contributed by atoms with Crippen LogP contribution in [0.2, 0.25) is 0 Å². The van der Waals surface area contributed by atoms with Crippen molar-refractivity contribution in [1.29, 1.82) is 0 Å². The van der Waals surface area contributed by atoms with Crippen LogP contribution in [0.25, 0.3) is 0 Å². The largest absolute Gasteiger partial charge is 0.482 e. The highest BCUT2D eigenvalue weighted by molar-refractivity contribution is 5.70. The first kappa shape index (κ1) is 44.1. The van der Waals surface area contributed by atoms with Gasteiger partial charge in [-0.2, -0.15) is 0 Å². The molecule has 2 N–H and O–H groups in total. The van der Waals surface area contributed by atoms with Crippen LogP contribution in [0.15, 0.2) is 158 Å². The minimum Gasteiger partial charge on any atom is -0.482 e. The van der Waals surface area contributed by atoms with Crippen molar-refractivity contribution in [2.45, 2.75) is 44.9 Å². The molecular weight excluding hydrogens is 789 g/mol. The Morgan fingerprint density at radius 1 is 0.460 bits per heavy atom. The van der Waals surface area contributed by atoms with Crippen molar-refractivity contribution < 1.29 is 29.3 Å². The summed E-state index contributed by atoms with van der Waals surface area (Å²) in [7, 11) is 0. The Kier molecular flexibility index (Phi) is 16.0. The maximum atomic E-state index is 10.9. The number of rotatable bonds is 19. The fourth-order valence-corrected chi connectivity index (χ4v) is 8.59. The van der Waals surface area contributed by atoms with Gasteiger partial charge in [-0.1, -0.05) is 84.9 Å². The Bertz CT molecular complexity index is 2250. The zero-order valence-electron chi connectivity index (χ0n) is 35.9. The number of fused-ring (bicyclic) bond motifs is 2. The predicted octanol–water partition coefficient (Wildman–Crippen LogP) is 10.7. The van der Waals surface area contributed by atoms with Gasteiger partial charge in [-0.3, -0.25) is 0 Å². The molecule has 8 rings (SSSR count). The molecule has 2 aliphatic heterocycles. The number of nitrogens with zero attached hydrogens (tertiary/aromatic N) is 4. The van der Waals surface area contributed by atoms with E-state index in [1.165, 1.54) is 34.1 Å². The lowest BCUT2D eigenvalue weighted by molar-refractivity contribution is -0.140. The maximum absolute atomic E-state index is 10.9. The van der Waals surface area contributed by atoms with Gasteiger partial charge in [0.1, 0.15) is 11.5 Å². The molecular formula is C53H58N4O6. The standard InChI is InChI=1S/C27H30N2O3.C26H28N2O3/c30-27(31)21-32-26-17-9-16-25-24(26)15-10-19-28(25)18-7-8-20-29(22-11-3-1-4-12-22)23-13-5-2-6-14-23;29-26(30)20-31-25-16-7-15-24-23(25)14-8-17-27(24)18-9-19-28(21-10-3-1-4-11-21)22-12-5-2-6-13-22/h1-6,9,11-14,16-17H,7-8,10,15,18-21H2,(H,30,31);1-7,10-13,15-16H,8-9,14,17-20H2,(H,29,30). The molecule has 6 aromatic rings. The lowest BCUT2D eigenvalue weighted by Gasteiger charge is -2.33. The van der Waals surface area contributed by atoms with Gasteiger partial charge < -0.3 is 39.3 Å². The summed E-state index contributed by atoms with van der Waals surface area (Å²) in [5.74, 6) is -0.502. The van der Waals surface area contributed by atoms with E-state index >= 15 is 0 Å². The number of anilines is 6. The Morgan fingerprint density at radius 3 is 1.21 bits per heavy atom. The second-order valence-electron chi connectivity index (χ2n) is 15.8. The molecule has 0 radical (unpaired) electrons. The highest BCUT2D eigenvalue weighted by Gasteiger charge is 2.22. The van der Waals surface area contributed by atoms with E-state index in [9.17, 15) is 9.59 Å². The number of hydrogen-bond acceptors (Lipinski definition) is 8. The number of para-hydroxylation sites is 4. The highest BCUT2D eigenvalue weighted by atomic mass is 16.5. The van der Waals surface area contributed by atoms with Gasteiger partial charge in [0.2, 0.25) is 0 Å². The molecule has 0 amide bonds. The molecule has 0 unspecified atom stereocenters. The van der Waals surface area contributed by atoms with Gasteiger partial charge in [-0.25, -0.2) is 9.59 Å². The first-order chi connectivity index (χ1) is 30.9. The zero-order valence-corrected chi connectivity index (χ0v) is 35.9. The molecule has 63 heavy (non-hydrogen) atoms. The average Bonchev–Trinajstić information content (AvgIpc) is 3.33. The van der Waals surface area contributed by atoms with Gasteiger partial charge in [0.25, 0.3) is 0 Å². The fraction of sp³-hybridized carbons (Fsp3) is 0.283. The lowest BCUT2D eigenvalue weighted by atomic mass is 10.00. The smallest absolute Gasteiger partial charge is 0.341 e. The summed E-state index contributed by atoms with van der Waals surface area (Å²) in [6.45, 7) is 5.21. The van der Waals surface area contributed by atoms with E-state index in [0.29, 0.717) is 11.5 Å². The average molecular weight is 847 g/mol. The van der Waals surface area contributed by atoms with Crippen LogP contribution in [0.3, 0.4) is 0 Å². The predicted molar refractivity (Wildman–Crippen MR) is 254 cm³/mol. The Balaban J connectivity index is 0.000000189. The van der Waals surface area contributed by atoms with Crippen LogP contribution < -0.4 is 29.1 Å². The van der Waals surface area contributed by atoms with E-state index in [1.807, 2.05) is 36.4 Å². The summed E-state index contributed by atoms with van der Waals surface area (Å²) in [5.41, 5.74) is 9.41. The topological polar surface area (TPSA) is 106 Å². The summed E-state index contributed by atoms with van der Waals surface area (Å²) < 4.78 is 11.1. The number of hydrogen-bond donors (Lipinski definition) is 2. The summed E-state index contributed by atoms with van der Waals surface area (Å²) in [5, 5.41) is 17.9. The van der Waals surface area contributed by atoms with Crippen LogP contribution in [0, 0.1) is 0 Å². The minimum atomic E-state index is -0.952. The Morgan fingerprint density at radius 2 is 0.825 bits per heavy atom. The Labute approximate surface area is 371 Å². The maximum Gasteiger partial charge on any atom is 0.341 e. The van der Waals surface area contributed by atoms with Crippen LogP contribution in [-0.2, 0) is 22.4 Å². The number of carboxylic acid groups (broad SMARTS) is 2. The quantitative estimate of drug-likeness (QED) is 0.0766. The lowest BCUT2D eigenvalue weighted by Crippen LogP contribution is -2.32. The van der Waals surface area contributed by atoms with E-state index < -0.39 is 11.9 Å². The van der Waals surface area contributed by atoms with Crippen LogP contribution >= 0.6 is 0 Å². The zero-order chi connectivity index (χ0) is 43.6. The van der Waals surface area contributed by atoms with E-state index in [0.717, 1.165) is 95.3 Å².